The standard InChI is InChI=1S/C23H27N7OSi/c1-29-15-20(14-27-29)28-23-11-22-18(13-26-23)10-21(17-5-6-25-19(9-17)12-24)30(22)16-31-7-8-32(2,3)4/h5-6,9-11,13-15H,7-8,16H2,1-4H3,(H,26,28). The molecule has 4 rings (SSSR count). The number of rotatable bonds is 8. The number of ether oxygens (including phenoxy) is 1. The van der Waals surface area contributed by atoms with E-state index in [0.717, 1.165) is 46.3 Å². The van der Waals surface area contributed by atoms with Crippen LogP contribution < -0.4 is 5.32 Å². The highest BCUT2D eigenvalue weighted by molar-refractivity contribution is 6.76. The van der Waals surface area contributed by atoms with Gasteiger partial charge in [0.2, 0.25) is 0 Å². The van der Waals surface area contributed by atoms with Crippen LogP contribution in [0.4, 0.5) is 11.5 Å². The zero-order valence-corrected chi connectivity index (χ0v) is 19.8. The lowest BCUT2D eigenvalue weighted by Crippen LogP contribution is -2.22. The van der Waals surface area contributed by atoms with Crippen molar-refractivity contribution in [3.05, 3.63) is 54.7 Å². The van der Waals surface area contributed by atoms with Gasteiger partial charge in [-0.3, -0.25) is 4.68 Å². The second-order valence-electron chi connectivity index (χ2n) is 9.00. The molecule has 0 unspecified atom stereocenters. The maximum Gasteiger partial charge on any atom is 0.141 e. The van der Waals surface area contributed by atoms with Crippen molar-refractivity contribution in [1.29, 1.82) is 5.26 Å². The topological polar surface area (TPSA) is 93.6 Å². The molecule has 0 aromatic carbocycles. The molecule has 164 valence electrons. The number of anilines is 2. The number of nitrogens with zero attached hydrogens (tertiary/aromatic N) is 6. The Bertz CT molecular complexity index is 1280. The van der Waals surface area contributed by atoms with Crippen LogP contribution in [-0.2, 0) is 18.5 Å². The number of aromatic nitrogens is 5. The minimum atomic E-state index is -1.18. The first-order chi connectivity index (χ1) is 15.3. The quantitative estimate of drug-likeness (QED) is 0.310. The molecule has 0 radical (unpaired) electrons. The van der Waals surface area contributed by atoms with Gasteiger partial charge in [0.25, 0.3) is 0 Å². The highest BCUT2D eigenvalue weighted by Gasteiger charge is 2.15. The molecule has 0 aliphatic carbocycles. The van der Waals surface area contributed by atoms with Crippen molar-refractivity contribution < 1.29 is 4.74 Å². The fourth-order valence-corrected chi connectivity index (χ4v) is 4.18. The van der Waals surface area contributed by atoms with Gasteiger partial charge in [0.15, 0.2) is 0 Å². The molecule has 0 saturated heterocycles. The van der Waals surface area contributed by atoms with Crippen molar-refractivity contribution >= 4 is 30.5 Å². The highest BCUT2D eigenvalue weighted by Crippen LogP contribution is 2.30. The van der Waals surface area contributed by atoms with Gasteiger partial charge in [-0.25, -0.2) is 9.97 Å². The van der Waals surface area contributed by atoms with Gasteiger partial charge in [-0.15, -0.1) is 0 Å². The first-order valence-corrected chi connectivity index (χ1v) is 14.2. The summed E-state index contributed by atoms with van der Waals surface area (Å²) in [4.78, 5) is 8.67. The predicted molar refractivity (Wildman–Crippen MR) is 128 cm³/mol. The van der Waals surface area contributed by atoms with Crippen LogP contribution in [0, 0.1) is 11.3 Å². The molecule has 4 heterocycles. The zero-order valence-electron chi connectivity index (χ0n) is 18.8. The SMILES string of the molecule is Cn1cc(Nc2cc3c(cn2)cc(-c2ccnc(C#N)c2)n3COCC[Si](C)(C)C)cn1. The maximum absolute atomic E-state index is 9.28. The summed E-state index contributed by atoms with van der Waals surface area (Å²) < 4.78 is 9.98. The molecule has 0 amide bonds. The van der Waals surface area contributed by atoms with Crippen molar-refractivity contribution in [2.45, 2.75) is 32.4 Å². The lowest BCUT2D eigenvalue weighted by Gasteiger charge is -2.17. The van der Waals surface area contributed by atoms with E-state index in [9.17, 15) is 5.26 Å². The summed E-state index contributed by atoms with van der Waals surface area (Å²) >= 11 is 0. The van der Waals surface area contributed by atoms with Gasteiger partial charge in [-0.2, -0.15) is 10.4 Å². The Morgan fingerprint density at radius 3 is 2.72 bits per heavy atom. The number of nitrogens with one attached hydrogen (secondary N) is 1. The molecular formula is C23H27N7OSi. The van der Waals surface area contributed by atoms with Crippen LogP contribution in [0.25, 0.3) is 22.2 Å². The smallest absolute Gasteiger partial charge is 0.141 e. The molecule has 0 atom stereocenters. The maximum atomic E-state index is 9.28. The van der Waals surface area contributed by atoms with Gasteiger partial charge in [0, 0.05) is 57.3 Å². The van der Waals surface area contributed by atoms with Gasteiger partial charge in [0.05, 0.1) is 23.1 Å². The number of hydrogen-bond donors (Lipinski definition) is 1. The average molecular weight is 446 g/mol. The number of fused-ring (bicyclic) bond motifs is 1. The summed E-state index contributed by atoms with van der Waals surface area (Å²) in [7, 11) is 0.697. The minimum absolute atomic E-state index is 0.385. The summed E-state index contributed by atoms with van der Waals surface area (Å²) in [6, 6.07) is 11.0. The van der Waals surface area contributed by atoms with Crippen LogP contribution >= 0.6 is 0 Å². The van der Waals surface area contributed by atoms with Gasteiger partial charge >= 0.3 is 0 Å². The van der Waals surface area contributed by atoms with E-state index in [4.69, 9.17) is 4.74 Å². The van der Waals surface area contributed by atoms with Crippen LogP contribution in [0.15, 0.2) is 49.1 Å². The van der Waals surface area contributed by atoms with E-state index in [1.54, 1.807) is 23.1 Å². The van der Waals surface area contributed by atoms with Gasteiger partial charge in [-0.1, -0.05) is 19.6 Å². The molecule has 0 spiro atoms. The Balaban J connectivity index is 1.71. The van der Waals surface area contributed by atoms with Gasteiger partial charge < -0.3 is 14.6 Å². The van der Waals surface area contributed by atoms with Gasteiger partial charge in [-0.05, 0) is 24.2 Å². The lowest BCUT2D eigenvalue weighted by atomic mass is 10.1. The molecule has 0 aliphatic rings. The molecular weight excluding hydrogens is 418 g/mol. The van der Waals surface area contributed by atoms with Crippen molar-refractivity contribution in [2.24, 2.45) is 7.05 Å². The van der Waals surface area contributed by atoms with E-state index in [-0.39, 0.29) is 0 Å². The van der Waals surface area contributed by atoms with Crippen LogP contribution in [0.1, 0.15) is 5.69 Å². The third-order valence-corrected chi connectivity index (χ3v) is 6.85. The van der Waals surface area contributed by atoms with E-state index >= 15 is 0 Å². The molecule has 0 bridgehead atoms. The average Bonchev–Trinajstić information content (AvgIpc) is 3.33. The molecule has 8 nitrogen and oxygen atoms in total. The minimum Gasteiger partial charge on any atom is -0.361 e. The first-order valence-electron chi connectivity index (χ1n) is 10.5. The van der Waals surface area contributed by atoms with Crippen LogP contribution in [-0.4, -0.2) is 39.0 Å². The molecule has 0 fully saturated rings. The molecule has 0 aliphatic heterocycles. The zero-order chi connectivity index (χ0) is 22.7. The normalized spacial score (nSPS) is 11.6. The van der Waals surface area contributed by atoms with E-state index in [1.807, 2.05) is 31.6 Å². The predicted octanol–water partition coefficient (Wildman–Crippen LogP) is 4.76. The van der Waals surface area contributed by atoms with E-state index in [2.05, 4.69) is 56.7 Å². The second-order valence-corrected chi connectivity index (χ2v) is 14.6. The fourth-order valence-electron chi connectivity index (χ4n) is 3.42. The Kier molecular flexibility index (Phi) is 6.07. The van der Waals surface area contributed by atoms with Crippen molar-refractivity contribution in [2.75, 3.05) is 11.9 Å². The van der Waals surface area contributed by atoms with E-state index in [0.29, 0.717) is 12.4 Å². The monoisotopic (exact) mass is 445 g/mol. The Morgan fingerprint density at radius 1 is 1.16 bits per heavy atom. The van der Waals surface area contributed by atoms with Gasteiger partial charge in [0.1, 0.15) is 24.3 Å². The summed E-state index contributed by atoms with van der Waals surface area (Å²) in [5.74, 6) is 0.728. The van der Waals surface area contributed by atoms with Crippen LogP contribution in [0.5, 0.6) is 0 Å². The number of aryl methyl sites for hydroxylation is 1. The largest absolute Gasteiger partial charge is 0.361 e. The fraction of sp³-hybridized carbons (Fsp3) is 0.304. The lowest BCUT2D eigenvalue weighted by molar-refractivity contribution is 0.0913. The Hall–Kier alpha value is -3.48. The highest BCUT2D eigenvalue weighted by atomic mass is 28.3. The number of nitriles is 1. The third-order valence-electron chi connectivity index (χ3n) is 5.15. The summed E-state index contributed by atoms with van der Waals surface area (Å²) in [5, 5.41) is 17.8. The van der Waals surface area contributed by atoms with E-state index in [1.165, 1.54) is 0 Å². The van der Waals surface area contributed by atoms with Crippen LogP contribution in [0.2, 0.25) is 25.7 Å². The Labute approximate surface area is 188 Å². The third kappa shape index (κ3) is 5.04. The summed E-state index contributed by atoms with van der Waals surface area (Å²) in [5.41, 5.74) is 4.15. The first kappa shape index (κ1) is 21.7. The Morgan fingerprint density at radius 2 is 2.00 bits per heavy atom. The van der Waals surface area contributed by atoms with Crippen molar-refractivity contribution in [3.63, 3.8) is 0 Å². The molecule has 9 heteroatoms. The van der Waals surface area contributed by atoms with Crippen LogP contribution in [0.3, 0.4) is 0 Å². The van der Waals surface area contributed by atoms with Crippen molar-refractivity contribution in [3.8, 4) is 17.3 Å². The van der Waals surface area contributed by atoms with Crippen molar-refractivity contribution in [1.82, 2.24) is 24.3 Å². The molecule has 4 aromatic rings. The molecule has 4 aromatic heterocycles. The molecule has 32 heavy (non-hydrogen) atoms. The molecule has 1 N–H and O–H groups in total. The van der Waals surface area contributed by atoms with E-state index < -0.39 is 8.07 Å². The number of hydrogen-bond acceptors (Lipinski definition) is 6. The summed E-state index contributed by atoms with van der Waals surface area (Å²) in [6.45, 7) is 8.17. The molecule has 0 saturated carbocycles. The second kappa shape index (κ2) is 8.94. The summed E-state index contributed by atoms with van der Waals surface area (Å²) in [6.07, 6.45) is 7.17. The number of pyridine rings is 2.